The molecule has 0 saturated heterocycles. The van der Waals surface area contributed by atoms with Crippen molar-refractivity contribution in [3.05, 3.63) is 24.2 Å². The summed E-state index contributed by atoms with van der Waals surface area (Å²) >= 11 is 0. The molecule has 1 atom stereocenters. The van der Waals surface area contributed by atoms with Gasteiger partial charge in [0, 0.05) is 24.7 Å². The van der Waals surface area contributed by atoms with E-state index in [0.29, 0.717) is 24.4 Å². The number of nitrogens with zero attached hydrogens (tertiary/aromatic N) is 3. The molecule has 2 N–H and O–H groups in total. The number of rotatable bonds is 4. The lowest BCUT2D eigenvalue weighted by Gasteiger charge is -2.19. The second kappa shape index (κ2) is 4.35. The van der Waals surface area contributed by atoms with Crippen molar-refractivity contribution in [1.29, 1.82) is 0 Å². The van der Waals surface area contributed by atoms with Gasteiger partial charge in [0.2, 0.25) is 0 Å². The molecule has 3 rings (SSSR count). The average Bonchev–Trinajstić information content (AvgIpc) is 3.11. The minimum absolute atomic E-state index is 0.319. The van der Waals surface area contributed by atoms with Crippen molar-refractivity contribution in [2.75, 3.05) is 6.54 Å². The van der Waals surface area contributed by atoms with Crippen LogP contribution in [0.5, 0.6) is 0 Å². The van der Waals surface area contributed by atoms with Crippen molar-refractivity contribution in [1.82, 2.24) is 14.5 Å². The lowest BCUT2D eigenvalue weighted by atomic mass is 9.95. The third-order valence-electron chi connectivity index (χ3n) is 3.78. The van der Waals surface area contributed by atoms with Crippen LogP contribution in [0.1, 0.15) is 44.5 Å². The zero-order valence-corrected chi connectivity index (χ0v) is 11.0. The van der Waals surface area contributed by atoms with E-state index >= 15 is 0 Å². The Bertz CT molecular complexity index is 554. The number of hydrogen-bond acceptors (Lipinski definition) is 3. The van der Waals surface area contributed by atoms with E-state index in [-0.39, 0.29) is 0 Å². The molecule has 0 bridgehead atoms. The second-order valence-electron chi connectivity index (χ2n) is 5.50. The maximum Gasteiger partial charge on any atom is 0.160 e. The first-order valence-corrected chi connectivity index (χ1v) is 6.75. The lowest BCUT2D eigenvalue weighted by molar-refractivity contribution is 0.464. The highest BCUT2D eigenvalue weighted by Gasteiger charge is 2.32. The molecule has 0 amide bonds. The minimum atomic E-state index is 0.319. The van der Waals surface area contributed by atoms with Crippen LogP contribution < -0.4 is 5.73 Å². The molecule has 1 fully saturated rings. The molecule has 0 spiro atoms. The Hall–Kier alpha value is -1.42. The average molecular weight is 244 g/mol. The first-order valence-electron chi connectivity index (χ1n) is 6.75. The number of fused-ring (bicyclic) bond motifs is 1. The van der Waals surface area contributed by atoms with Crippen LogP contribution >= 0.6 is 0 Å². The topological polar surface area (TPSA) is 56.7 Å². The van der Waals surface area contributed by atoms with E-state index in [1.54, 1.807) is 0 Å². The molecule has 1 saturated carbocycles. The molecule has 1 aliphatic rings. The first kappa shape index (κ1) is 11.7. The summed E-state index contributed by atoms with van der Waals surface area (Å²) in [7, 11) is 0. The van der Waals surface area contributed by atoms with Crippen LogP contribution in [0.2, 0.25) is 0 Å². The summed E-state index contributed by atoms with van der Waals surface area (Å²) < 4.78 is 2.33. The summed E-state index contributed by atoms with van der Waals surface area (Å²) in [5, 5.41) is 0. The van der Waals surface area contributed by atoms with Gasteiger partial charge in [-0.15, -0.1) is 0 Å². The number of pyridine rings is 1. The molecule has 4 heteroatoms. The Morgan fingerprint density at radius 3 is 2.83 bits per heavy atom. The molecule has 0 aromatic carbocycles. The number of imidazole rings is 1. The summed E-state index contributed by atoms with van der Waals surface area (Å²) in [6.07, 6.45) is 4.33. The van der Waals surface area contributed by atoms with Crippen LogP contribution in [0.3, 0.4) is 0 Å². The molecule has 96 valence electrons. The van der Waals surface area contributed by atoms with E-state index in [4.69, 9.17) is 10.7 Å². The van der Waals surface area contributed by atoms with Gasteiger partial charge in [0.15, 0.2) is 5.65 Å². The molecule has 1 aliphatic carbocycles. The van der Waals surface area contributed by atoms with Crippen LogP contribution in [-0.4, -0.2) is 21.1 Å². The summed E-state index contributed by atoms with van der Waals surface area (Å²) in [5.74, 6) is 1.95. The Labute approximate surface area is 107 Å². The molecular formula is C14H20N4. The monoisotopic (exact) mass is 244 g/mol. The van der Waals surface area contributed by atoms with Crippen LogP contribution in [-0.2, 0) is 0 Å². The Kier molecular flexibility index (Phi) is 2.82. The van der Waals surface area contributed by atoms with Gasteiger partial charge >= 0.3 is 0 Å². The van der Waals surface area contributed by atoms with Crippen LogP contribution in [0.4, 0.5) is 0 Å². The van der Waals surface area contributed by atoms with Crippen LogP contribution in [0, 0.1) is 5.92 Å². The van der Waals surface area contributed by atoms with Gasteiger partial charge in [0.05, 0.1) is 0 Å². The van der Waals surface area contributed by atoms with E-state index in [1.165, 1.54) is 12.8 Å². The van der Waals surface area contributed by atoms with E-state index in [2.05, 4.69) is 23.4 Å². The SMILES string of the molecule is CC(C)C(CN)c1nc2cccnc2n1C1CC1. The normalized spacial score (nSPS) is 17.6. The maximum atomic E-state index is 5.94. The van der Waals surface area contributed by atoms with Gasteiger partial charge < -0.3 is 10.3 Å². The highest BCUT2D eigenvalue weighted by molar-refractivity contribution is 5.71. The van der Waals surface area contributed by atoms with E-state index in [0.717, 1.165) is 17.0 Å². The standard InChI is InChI=1S/C14H20N4/c1-9(2)11(8-15)13-17-12-4-3-7-16-14(12)18(13)10-5-6-10/h3-4,7,9-11H,5-6,8,15H2,1-2H3. The van der Waals surface area contributed by atoms with E-state index in [1.807, 2.05) is 18.3 Å². The molecule has 2 heterocycles. The van der Waals surface area contributed by atoms with E-state index < -0.39 is 0 Å². The summed E-state index contributed by atoms with van der Waals surface area (Å²) in [4.78, 5) is 9.29. The fourth-order valence-corrected chi connectivity index (χ4v) is 2.58. The van der Waals surface area contributed by atoms with Crippen molar-refractivity contribution in [2.45, 2.75) is 38.6 Å². The number of hydrogen-bond donors (Lipinski definition) is 1. The fourth-order valence-electron chi connectivity index (χ4n) is 2.58. The predicted octanol–water partition coefficient (Wildman–Crippen LogP) is 2.46. The van der Waals surface area contributed by atoms with Crippen molar-refractivity contribution in [3.63, 3.8) is 0 Å². The van der Waals surface area contributed by atoms with Gasteiger partial charge in [0.25, 0.3) is 0 Å². The first-order chi connectivity index (χ1) is 8.72. The van der Waals surface area contributed by atoms with Gasteiger partial charge in [-0.1, -0.05) is 13.8 Å². The fraction of sp³-hybridized carbons (Fsp3) is 0.571. The minimum Gasteiger partial charge on any atom is -0.330 e. The largest absolute Gasteiger partial charge is 0.330 e. The summed E-state index contributed by atoms with van der Waals surface area (Å²) in [6.45, 7) is 5.07. The van der Waals surface area contributed by atoms with Crippen molar-refractivity contribution < 1.29 is 0 Å². The summed E-state index contributed by atoms with van der Waals surface area (Å²) in [5.41, 5.74) is 7.96. The van der Waals surface area contributed by atoms with Crippen LogP contribution in [0.25, 0.3) is 11.2 Å². The Morgan fingerprint density at radius 1 is 1.44 bits per heavy atom. The highest BCUT2D eigenvalue weighted by atomic mass is 15.2. The molecule has 2 aromatic rings. The van der Waals surface area contributed by atoms with Crippen molar-refractivity contribution in [3.8, 4) is 0 Å². The second-order valence-corrected chi connectivity index (χ2v) is 5.50. The van der Waals surface area contributed by atoms with Gasteiger partial charge in [-0.3, -0.25) is 0 Å². The zero-order valence-electron chi connectivity index (χ0n) is 11.0. The molecular weight excluding hydrogens is 224 g/mol. The molecule has 2 aromatic heterocycles. The number of aromatic nitrogens is 3. The third kappa shape index (κ3) is 1.81. The van der Waals surface area contributed by atoms with E-state index in [9.17, 15) is 0 Å². The molecule has 0 radical (unpaired) electrons. The third-order valence-corrected chi connectivity index (χ3v) is 3.78. The lowest BCUT2D eigenvalue weighted by Crippen LogP contribution is -2.21. The zero-order chi connectivity index (χ0) is 12.7. The smallest absolute Gasteiger partial charge is 0.160 e. The van der Waals surface area contributed by atoms with Gasteiger partial charge in [0.1, 0.15) is 11.3 Å². The van der Waals surface area contributed by atoms with Gasteiger partial charge in [-0.05, 0) is 30.9 Å². The predicted molar refractivity (Wildman–Crippen MR) is 72.4 cm³/mol. The Balaban J connectivity index is 2.18. The molecule has 4 nitrogen and oxygen atoms in total. The van der Waals surface area contributed by atoms with Crippen molar-refractivity contribution in [2.24, 2.45) is 11.7 Å². The van der Waals surface area contributed by atoms with Crippen LogP contribution in [0.15, 0.2) is 18.3 Å². The summed E-state index contributed by atoms with van der Waals surface area (Å²) in [6, 6.07) is 4.58. The number of nitrogens with two attached hydrogens (primary N) is 1. The maximum absolute atomic E-state index is 5.94. The van der Waals surface area contributed by atoms with Crippen molar-refractivity contribution >= 4 is 11.2 Å². The quantitative estimate of drug-likeness (QED) is 0.898. The van der Waals surface area contributed by atoms with Gasteiger partial charge in [-0.25, -0.2) is 9.97 Å². The Morgan fingerprint density at radius 2 is 2.22 bits per heavy atom. The molecule has 0 aliphatic heterocycles. The van der Waals surface area contributed by atoms with Gasteiger partial charge in [-0.2, -0.15) is 0 Å². The highest BCUT2D eigenvalue weighted by Crippen LogP contribution is 2.40. The molecule has 1 unspecified atom stereocenters. The molecule has 18 heavy (non-hydrogen) atoms.